The molecule has 2 aromatic rings. The number of nitrogens with one attached hydrogen (secondary N) is 1. The molecule has 2 heterocycles. The summed E-state index contributed by atoms with van der Waals surface area (Å²) in [6.45, 7) is 35.3. The topological polar surface area (TPSA) is 160 Å². The van der Waals surface area contributed by atoms with Gasteiger partial charge < -0.3 is 48.1 Å². The van der Waals surface area contributed by atoms with Gasteiger partial charge in [0.05, 0.1) is 74.3 Å². The number of methoxy groups -OCH3 is 2. The van der Waals surface area contributed by atoms with Crippen molar-refractivity contribution >= 4 is 67.5 Å². The van der Waals surface area contributed by atoms with Gasteiger partial charge in [-0.05, 0) is 93.3 Å². The van der Waals surface area contributed by atoms with Gasteiger partial charge in [0.2, 0.25) is 0 Å². The second kappa shape index (κ2) is 25.1. The number of unbranched alkanes of at least 4 members (excludes halogenated alkanes) is 2. The van der Waals surface area contributed by atoms with E-state index in [4.69, 9.17) is 38.3 Å². The molecule has 0 bridgehead atoms. The average molecular weight is 1070 g/mol. The molecule has 1 saturated carbocycles. The molecular formula is C54H86N4O10S2Si2. The molecule has 0 spiro atoms. The van der Waals surface area contributed by atoms with Gasteiger partial charge in [-0.3, -0.25) is 14.9 Å². The molecule has 402 valence electrons. The van der Waals surface area contributed by atoms with Crippen molar-refractivity contribution in [3.8, 4) is 23.0 Å². The molecule has 1 aliphatic carbocycles. The number of hydrogen-bond acceptors (Lipinski definition) is 13. The maximum Gasteiger partial charge on any atom is 0.411 e. The zero-order valence-electron chi connectivity index (χ0n) is 45.8. The Labute approximate surface area is 441 Å². The van der Waals surface area contributed by atoms with E-state index in [1.54, 1.807) is 57.9 Å². The van der Waals surface area contributed by atoms with Crippen molar-refractivity contribution < 1.29 is 46.9 Å². The Balaban J connectivity index is 1.24. The van der Waals surface area contributed by atoms with E-state index in [0.29, 0.717) is 99.4 Å². The Morgan fingerprint density at radius 3 is 1.68 bits per heavy atom. The summed E-state index contributed by atoms with van der Waals surface area (Å²) in [5.41, 5.74) is 9.65. The van der Waals surface area contributed by atoms with Crippen molar-refractivity contribution in [1.29, 1.82) is 0 Å². The molecule has 2 atom stereocenters. The van der Waals surface area contributed by atoms with Crippen LogP contribution in [0.1, 0.15) is 127 Å². The number of anilines is 2. The first-order valence-corrected chi connectivity index (χ1v) is 33.8. The molecule has 3 fully saturated rings. The number of rotatable bonds is 24. The van der Waals surface area contributed by atoms with Crippen LogP contribution in [-0.2, 0) is 13.6 Å². The van der Waals surface area contributed by atoms with E-state index in [1.165, 1.54) is 7.11 Å². The fourth-order valence-electron chi connectivity index (χ4n) is 8.57. The molecule has 0 radical (unpaired) electrons. The van der Waals surface area contributed by atoms with Crippen molar-refractivity contribution in [1.82, 2.24) is 9.80 Å². The predicted molar refractivity (Wildman–Crippen MR) is 301 cm³/mol. The van der Waals surface area contributed by atoms with Gasteiger partial charge in [0, 0.05) is 36.7 Å². The fourth-order valence-corrected chi connectivity index (χ4v) is 13.3. The van der Waals surface area contributed by atoms with Crippen molar-refractivity contribution in [3.05, 3.63) is 59.7 Å². The highest BCUT2D eigenvalue weighted by atomic mass is 33.1. The lowest BCUT2D eigenvalue weighted by atomic mass is 10.1. The van der Waals surface area contributed by atoms with Gasteiger partial charge in [0.1, 0.15) is 6.61 Å². The van der Waals surface area contributed by atoms with Crippen LogP contribution >= 0.6 is 21.6 Å². The number of nitrogens with zero attached hydrogens (tertiary/aromatic N) is 2. The number of likely N-dealkylation sites (tertiary alicyclic amines) is 2. The molecule has 0 unspecified atom stereocenters. The highest BCUT2D eigenvalue weighted by Gasteiger charge is 2.42. The fraction of sp³-hybridized carbons (Fsp3) is 0.648. The number of carbonyl (C=O) groups is 3. The molecule has 2 aliphatic heterocycles. The lowest BCUT2D eigenvalue weighted by molar-refractivity contribution is 0.0680. The molecule has 14 nitrogen and oxygen atoms in total. The van der Waals surface area contributed by atoms with Gasteiger partial charge in [-0.25, -0.2) is 4.79 Å². The normalized spacial score (nSPS) is 18.4. The zero-order valence-corrected chi connectivity index (χ0v) is 49.4. The van der Waals surface area contributed by atoms with Gasteiger partial charge in [-0.2, -0.15) is 0 Å². The molecular weight excluding hydrogens is 985 g/mol. The summed E-state index contributed by atoms with van der Waals surface area (Å²) in [6, 6.07) is 6.27. The first-order valence-electron chi connectivity index (χ1n) is 25.7. The van der Waals surface area contributed by atoms with E-state index < -0.39 is 22.7 Å². The van der Waals surface area contributed by atoms with Crippen LogP contribution in [0.5, 0.6) is 23.0 Å². The van der Waals surface area contributed by atoms with E-state index >= 15 is 0 Å². The van der Waals surface area contributed by atoms with Gasteiger partial charge in [0.25, 0.3) is 11.8 Å². The van der Waals surface area contributed by atoms with Crippen LogP contribution < -0.4 is 30.0 Å². The molecule has 3 N–H and O–H groups in total. The third-order valence-electron chi connectivity index (χ3n) is 15.1. The number of amides is 3. The summed E-state index contributed by atoms with van der Waals surface area (Å²) in [5, 5.41) is 2.98. The smallest absolute Gasteiger partial charge is 0.411 e. The Morgan fingerprint density at radius 1 is 0.736 bits per heavy atom. The van der Waals surface area contributed by atoms with Crippen LogP contribution in [0, 0.1) is 0 Å². The molecule has 5 rings (SSSR count). The van der Waals surface area contributed by atoms with E-state index in [2.05, 4.69) is 93.1 Å². The number of nitrogen functional groups attached to an aromatic ring is 1. The van der Waals surface area contributed by atoms with Crippen LogP contribution in [-0.4, -0.2) is 127 Å². The third kappa shape index (κ3) is 15.2. The second-order valence-electron chi connectivity index (χ2n) is 22.7. The lowest BCUT2D eigenvalue weighted by Crippen LogP contribution is -2.46. The van der Waals surface area contributed by atoms with E-state index in [-0.39, 0.29) is 56.6 Å². The van der Waals surface area contributed by atoms with Crippen LogP contribution in [0.2, 0.25) is 36.3 Å². The van der Waals surface area contributed by atoms with Gasteiger partial charge >= 0.3 is 6.09 Å². The SMILES string of the molecule is C=C1C[C@@H](CO[Si](C)(C)C(C)(C)C)N(C(=O)c2cc(OC)c(OCCCCCOc3cc(NC(=O)OCC4(SSCC)CCCC4)c(C(=O)N4CC(=C)C[C@H]4CO[Si](C)(C)C(C)(C)C)cc3OC)cc2N)C1. The summed E-state index contributed by atoms with van der Waals surface area (Å²) < 4.78 is 42.9. The highest BCUT2D eigenvalue weighted by molar-refractivity contribution is 8.77. The minimum atomic E-state index is -2.11. The zero-order chi connectivity index (χ0) is 53.2. The minimum absolute atomic E-state index is 0.00745. The van der Waals surface area contributed by atoms with E-state index in [9.17, 15) is 14.4 Å². The minimum Gasteiger partial charge on any atom is -0.493 e. The molecule has 2 aromatic carbocycles. The summed E-state index contributed by atoms with van der Waals surface area (Å²) in [5.74, 6) is 2.12. The molecule has 3 aliphatic rings. The monoisotopic (exact) mass is 1070 g/mol. The quantitative estimate of drug-likeness (QED) is 0.0336. The Hall–Kier alpha value is -3.82. The number of ether oxygens (including phenoxy) is 5. The Bertz CT molecular complexity index is 2240. The van der Waals surface area contributed by atoms with Crippen LogP contribution in [0.25, 0.3) is 0 Å². The second-order valence-corrected chi connectivity index (χ2v) is 35.4. The van der Waals surface area contributed by atoms with Crippen LogP contribution in [0.4, 0.5) is 16.2 Å². The van der Waals surface area contributed by atoms with Crippen molar-refractivity contribution in [3.63, 3.8) is 0 Å². The van der Waals surface area contributed by atoms with E-state index in [1.807, 2.05) is 4.90 Å². The predicted octanol–water partition coefficient (Wildman–Crippen LogP) is 12.8. The van der Waals surface area contributed by atoms with Crippen LogP contribution in [0.15, 0.2) is 48.6 Å². The average Bonchev–Trinajstić information content (AvgIpc) is 4.05. The molecule has 3 amide bonds. The van der Waals surface area contributed by atoms with Crippen molar-refractivity contribution in [2.45, 2.75) is 159 Å². The van der Waals surface area contributed by atoms with Gasteiger partial charge in [-0.1, -0.05) is 107 Å². The Kier molecular flexibility index (Phi) is 20.6. The standard InChI is InChI=1S/C54H86N4O10S2Si2/c1-16-69-70-54(22-18-19-23-54)36-66-51(61)56-44-31-48(46(63-11)29-42(44)50(60)58-33-38(3)27-40(58)35-68-72(14,15)53(7,8)9)65-25-21-17-20-24-64-47-30-43(55)41(28-45(47)62-10)49(59)57-32-37(2)26-39(57)34-67-71(12,13)52(4,5)6/h28-31,39-40H,2-3,16-27,32-36,55H2,1,4-15H3,(H,56,61)/t39-,40-/m0/s1. The molecule has 0 aromatic heterocycles. The summed E-state index contributed by atoms with van der Waals surface area (Å²) in [7, 11) is 2.54. The largest absolute Gasteiger partial charge is 0.493 e. The molecule has 2 saturated heterocycles. The summed E-state index contributed by atoms with van der Waals surface area (Å²) in [4.78, 5) is 45.9. The highest BCUT2D eigenvalue weighted by Crippen LogP contribution is 2.48. The third-order valence-corrected chi connectivity index (χ3v) is 27.5. The number of carbonyl (C=O) groups excluding carboxylic acids is 3. The molecule has 18 heteroatoms. The number of nitrogens with two attached hydrogens (primary N) is 1. The first kappa shape index (κ1) is 59.1. The van der Waals surface area contributed by atoms with Crippen molar-refractivity contribution in [2.75, 3.05) is 77.1 Å². The summed E-state index contributed by atoms with van der Waals surface area (Å²) in [6.07, 6.45) is 6.97. The van der Waals surface area contributed by atoms with Crippen molar-refractivity contribution in [2.24, 2.45) is 0 Å². The number of benzene rings is 2. The van der Waals surface area contributed by atoms with Gasteiger partial charge in [0.15, 0.2) is 39.6 Å². The molecule has 72 heavy (non-hydrogen) atoms. The first-order chi connectivity index (χ1) is 33.7. The maximum atomic E-state index is 14.7. The van der Waals surface area contributed by atoms with E-state index in [0.717, 1.165) is 49.0 Å². The number of hydrogen-bond donors (Lipinski definition) is 2. The lowest BCUT2D eigenvalue weighted by Gasteiger charge is -2.38. The Morgan fingerprint density at radius 2 is 1.21 bits per heavy atom. The van der Waals surface area contributed by atoms with Gasteiger partial charge in [-0.15, -0.1) is 0 Å². The summed E-state index contributed by atoms with van der Waals surface area (Å²) >= 11 is 0. The maximum absolute atomic E-state index is 14.7. The van der Waals surface area contributed by atoms with Crippen LogP contribution in [0.3, 0.4) is 0 Å².